The number of carbonyl (C=O) groups excluding carboxylic acids is 1. The van der Waals surface area contributed by atoms with Crippen LogP contribution in [-0.2, 0) is 4.79 Å². The quantitative estimate of drug-likeness (QED) is 0.866. The maximum absolute atomic E-state index is 12.6. The molecule has 6 nitrogen and oxygen atoms in total. The lowest BCUT2D eigenvalue weighted by Crippen LogP contribution is -2.44. The van der Waals surface area contributed by atoms with Crippen LogP contribution in [0.1, 0.15) is 18.4 Å². The maximum Gasteiger partial charge on any atom is 0.321 e. The summed E-state index contributed by atoms with van der Waals surface area (Å²) in [4.78, 5) is 25.3. The predicted molar refractivity (Wildman–Crippen MR) is 98.6 cm³/mol. The number of nitrogens with one attached hydrogen (secondary N) is 1. The summed E-state index contributed by atoms with van der Waals surface area (Å²) in [5.74, 6) is -0.132. The molecule has 2 aromatic carbocycles. The molecule has 1 saturated heterocycles. The van der Waals surface area contributed by atoms with Crippen molar-refractivity contribution in [3.05, 3.63) is 54.1 Å². The van der Waals surface area contributed by atoms with Crippen LogP contribution < -0.4 is 10.1 Å². The molecule has 1 atom stereocenters. The molecule has 26 heavy (non-hydrogen) atoms. The number of hydrogen-bond acceptors (Lipinski definition) is 3. The van der Waals surface area contributed by atoms with Gasteiger partial charge in [0.25, 0.3) is 0 Å². The molecule has 0 aromatic heterocycles. The van der Waals surface area contributed by atoms with Gasteiger partial charge in [0.2, 0.25) is 0 Å². The van der Waals surface area contributed by atoms with Crippen LogP contribution in [-0.4, -0.2) is 35.1 Å². The van der Waals surface area contributed by atoms with Gasteiger partial charge in [-0.1, -0.05) is 24.3 Å². The van der Waals surface area contributed by atoms with Crippen LogP contribution in [0.5, 0.6) is 11.5 Å². The molecule has 2 aromatic rings. The van der Waals surface area contributed by atoms with E-state index < -0.39 is 11.9 Å². The van der Waals surface area contributed by atoms with Crippen molar-refractivity contribution < 1.29 is 19.4 Å². The highest BCUT2D eigenvalue weighted by Gasteiger charge is 2.28. The van der Waals surface area contributed by atoms with Crippen LogP contribution in [0.15, 0.2) is 48.5 Å². The molecular weight excluding hydrogens is 332 g/mol. The van der Waals surface area contributed by atoms with Crippen molar-refractivity contribution in [1.82, 2.24) is 4.90 Å². The zero-order valence-electron chi connectivity index (χ0n) is 14.6. The first-order chi connectivity index (χ1) is 12.5. The molecule has 0 radical (unpaired) electrons. The molecule has 136 valence electrons. The summed E-state index contributed by atoms with van der Waals surface area (Å²) >= 11 is 0. The molecule has 3 rings (SSSR count). The SMILES string of the molecule is Cc1cccc(Oc2ccccc2NC(=O)N2CCCC(C(=O)O)C2)c1. The Hall–Kier alpha value is -3.02. The van der Waals surface area contributed by atoms with Gasteiger partial charge in [0.05, 0.1) is 11.6 Å². The highest BCUT2D eigenvalue weighted by Crippen LogP contribution is 2.30. The average molecular weight is 354 g/mol. The number of rotatable bonds is 4. The number of para-hydroxylation sites is 2. The van der Waals surface area contributed by atoms with E-state index in [9.17, 15) is 14.7 Å². The van der Waals surface area contributed by atoms with Gasteiger partial charge in [-0.3, -0.25) is 4.79 Å². The zero-order valence-corrected chi connectivity index (χ0v) is 14.6. The standard InChI is InChI=1S/C20H22N2O4/c1-14-6-4-8-16(12-14)26-18-10-3-2-9-17(18)21-20(25)22-11-5-7-15(13-22)19(23)24/h2-4,6,8-10,12,15H,5,7,11,13H2,1H3,(H,21,25)(H,23,24). The Bertz CT molecular complexity index is 806. The molecule has 0 saturated carbocycles. The van der Waals surface area contributed by atoms with Gasteiger partial charge in [0, 0.05) is 13.1 Å². The molecule has 6 heteroatoms. The van der Waals surface area contributed by atoms with Crippen molar-refractivity contribution in [3.8, 4) is 11.5 Å². The van der Waals surface area contributed by atoms with Gasteiger partial charge in [-0.2, -0.15) is 0 Å². The van der Waals surface area contributed by atoms with Crippen LogP contribution in [0.2, 0.25) is 0 Å². The second-order valence-corrected chi connectivity index (χ2v) is 6.47. The molecule has 1 aliphatic rings. The number of anilines is 1. The minimum absolute atomic E-state index is 0.224. The third-order valence-electron chi connectivity index (χ3n) is 4.40. The highest BCUT2D eigenvalue weighted by atomic mass is 16.5. The molecule has 0 bridgehead atoms. The van der Waals surface area contributed by atoms with Crippen molar-refractivity contribution in [2.45, 2.75) is 19.8 Å². The topological polar surface area (TPSA) is 78.9 Å². The van der Waals surface area contributed by atoms with Crippen LogP contribution >= 0.6 is 0 Å². The first kappa shape index (κ1) is 17.8. The number of likely N-dealkylation sites (tertiary alicyclic amines) is 1. The van der Waals surface area contributed by atoms with Crippen LogP contribution in [0.4, 0.5) is 10.5 Å². The summed E-state index contributed by atoms with van der Waals surface area (Å²) in [6.45, 7) is 2.76. The van der Waals surface area contributed by atoms with Gasteiger partial charge in [0.15, 0.2) is 5.75 Å². The van der Waals surface area contributed by atoms with Gasteiger partial charge in [0.1, 0.15) is 5.75 Å². The number of aryl methyl sites for hydroxylation is 1. The Labute approximate surface area is 152 Å². The van der Waals surface area contributed by atoms with E-state index in [4.69, 9.17) is 4.74 Å². The van der Waals surface area contributed by atoms with Crippen molar-refractivity contribution in [2.75, 3.05) is 18.4 Å². The number of carboxylic acid groups (broad SMARTS) is 1. The molecule has 1 fully saturated rings. The number of benzene rings is 2. The Balaban J connectivity index is 1.71. The van der Waals surface area contributed by atoms with Gasteiger partial charge < -0.3 is 20.1 Å². The zero-order chi connectivity index (χ0) is 18.5. The Morgan fingerprint density at radius 2 is 2.00 bits per heavy atom. The van der Waals surface area contributed by atoms with Gasteiger partial charge >= 0.3 is 12.0 Å². The van der Waals surface area contributed by atoms with Crippen LogP contribution in [0, 0.1) is 12.8 Å². The predicted octanol–water partition coefficient (Wildman–Crippen LogP) is 4.12. The molecule has 0 aliphatic carbocycles. The summed E-state index contributed by atoms with van der Waals surface area (Å²) in [6.07, 6.45) is 1.29. The fourth-order valence-electron chi connectivity index (χ4n) is 3.02. The van der Waals surface area contributed by atoms with Crippen molar-refractivity contribution >= 4 is 17.7 Å². The van der Waals surface area contributed by atoms with Crippen molar-refractivity contribution in [1.29, 1.82) is 0 Å². The molecule has 0 spiro atoms. The normalized spacial score (nSPS) is 16.8. The fourth-order valence-corrected chi connectivity index (χ4v) is 3.02. The fraction of sp³-hybridized carbons (Fsp3) is 0.300. The van der Waals surface area contributed by atoms with Crippen molar-refractivity contribution in [3.63, 3.8) is 0 Å². The van der Waals surface area contributed by atoms with E-state index in [0.717, 1.165) is 5.56 Å². The van der Waals surface area contributed by atoms with E-state index in [2.05, 4.69) is 5.32 Å². The number of ether oxygens (including phenoxy) is 1. The minimum Gasteiger partial charge on any atom is -0.481 e. The maximum atomic E-state index is 12.6. The second-order valence-electron chi connectivity index (χ2n) is 6.47. The summed E-state index contributed by atoms with van der Waals surface area (Å²) in [6, 6.07) is 14.6. The molecule has 2 amide bonds. The van der Waals surface area contributed by atoms with Gasteiger partial charge in [-0.15, -0.1) is 0 Å². The third-order valence-corrected chi connectivity index (χ3v) is 4.40. The summed E-state index contributed by atoms with van der Waals surface area (Å²) in [7, 11) is 0. The largest absolute Gasteiger partial charge is 0.481 e. The Morgan fingerprint density at radius 3 is 2.77 bits per heavy atom. The van der Waals surface area contributed by atoms with Gasteiger partial charge in [-0.25, -0.2) is 4.79 Å². The van der Waals surface area contributed by atoms with E-state index in [1.807, 2.05) is 43.3 Å². The lowest BCUT2D eigenvalue weighted by Gasteiger charge is -2.30. The monoisotopic (exact) mass is 354 g/mol. The lowest BCUT2D eigenvalue weighted by atomic mass is 9.99. The minimum atomic E-state index is -0.856. The number of carbonyl (C=O) groups is 2. The lowest BCUT2D eigenvalue weighted by molar-refractivity contribution is -0.143. The van der Waals surface area contributed by atoms with Crippen LogP contribution in [0.3, 0.4) is 0 Å². The third kappa shape index (κ3) is 4.33. The highest BCUT2D eigenvalue weighted by molar-refractivity contribution is 5.91. The number of amides is 2. The summed E-state index contributed by atoms with van der Waals surface area (Å²) in [5, 5.41) is 12.0. The molecular formula is C20H22N2O4. The van der Waals surface area contributed by atoms with E-state index in [1.165, 1.54) is 0 Å². The van der Waals surface area contributed by atoms with E-state index in [1.54, 1.807) is 17.0 Å². The number of carboxylic acids is 1. The number of piperidine rings is 1. The number of aliphatic carboxylic acids is 1. The van der Waals surface area contributed by atoms with Gasteiger partial charge in [-0.05, 0) is 49.6 Å². The summed E-state index contributed by atoms with van der Waals surface area (Å²) in [5.41, 5.74) is 1.63. The van der Waals surface area contributed by atoms with E-state index in [-0.39, 0.29) is 12.6 Å². The average Bonchev–Trinajstić information content (AvgIpc) is 2.63. The number of urea groups is 1. The number of nitrogens with zero attached hydrogens (tertiary/aromatic N) is 1. The molecule has 1 aliphatic heterocycles. The van der Waals surface area contributed by atoms with Crippen molar-refractivity contribution in [2.24, 2.45) is 5.92 Å². The van der Waals surface area contributed by atoms with E-state index in [0.29, 0.717) is 36.6 Å². The smallest absolute Gasteiger partial charge is 0.321 e. The summed E-state index contributed by atoms with van der Waals surface area (Å²) < 4.78 is 5.91. The Morgan fingerprint density at radius 1 is 1.19 bits per heavy atom. The molecule has 1 heterocycles. The second kappa shape index (κ2) is 7.91. The number of hydrogen-bond donors (Lipinski definition) is 2. The molecule has 2 N–H and O–H groups in total. The first-order valence-electron chi connectivity index (χ1n) is 8.65. The van der Waals surface area contributed by atoms with E-state index >= 15 is 0 Å². The van der Waals surface area contributed by atoms with Crippen LogP contribution in [0.25, 0.3) is 0 Å². The molecule has 1 unspecified atom stereocenters. The first-order valence-corrected chi connectivity index (χ1v) is 8.65. The Kier molecular flexibility index (Phi) is 5.41.